The molecule has 4 N–H and O–H groups in total. The van der Waals surface area contributed by atoms with Gasteiger partial charge in [0, 0.05) is 11.3 Å². The van der Waals surface area contributed by atoms with Crippen LogP contribution >= 0.6 is 12.2 Å². The third kappa shape index (κ3) is 5.82. The lowest BCUT2D eigenvalue weighted by Gasteiger charge is -2.12. The van der Waals surface area contributed by atoms with Crippen LogP contribution in [0.4, 0.5) is 10.1 Å². The van der Waals surface area contributed by atoms with E-state index in [0.717, 1.165) is 11.1 Å². The van der Waals surface area contributed by atoms with Gasteiger partial charge in [-0.15, -0.1) is 0 Å². The number of nitrogens with one attached hydrogen (secondary N) is 4. The van der Waals surface area contributed by atoms with E-state index in [-0.39, 0.29) is 23.4 Å². The molecule has 26 heavy (non-hydrogen) atoms. The molecule has 0 atom stereocenters. The highest BCUT2D eigenvalue weighted by atomic mass is 32.1. The van der Waals surface area contributed by atoms with Crippen molar-refractivity contribution >= 4 is 34.8 Å². The highest BCUT2D eigenvalue weighted by Gasteiger charge is 2.09. The van der Waals surface area contributed by atoms with E-state index in [9.17, 15) is 14.0 Å². The number of anilines is 1. The highest BCUT2D eigenvalue weighted by Crippen LogP contribution is 2.09. The molecule has 0 aliphatic carbocycles. The Morgan fingerprint density at radius 3 is 2.35 bits per heavy atom. The van der Waals surface area contributed by atoms with Gasteiger partial charge in [0.05, 0.1) is 6.54 Å². The zero-order valence-corrected chi connectivity index (χ0v) is 15.2. The molecule has 2 rings (SSSR count). The smallest absolute Gasteiger partial charge is 0.257 e. The summed E-state index contributed by atoms with van der Waals surface area (Å²) in [7, 11) is 0. The van der Waals surface area contributed by atoms with Crippen molar-refractivity contribution in [2.45, 2.75) is 13.8 Å². The summed E-state index contributed by atoms with van der Waals surface area (Å²) in [6.07, 6.45) is 0. The van der Waals surface area contributed by atoms with E-state index in [1.807, 2.05) is 19.9 Å². The number of aryl methyl sites for hydroxylation is 2. The molecule has 0 spiro atoms. The van der Waals surface area contributed by atoms with Crippen LogP contribution in [0.15, 0.2) is 42.5 Å². The summed E-state index contributed by atoms with van der Waals surface area (Å²) in [4.78, 5) is 23.8. The van der Waals surface area contributed by atoms with Crippen LogP contribution in [0.1, 0.15) is 21.5 Å². The summed E-state index contributed by atoms with van der Waals surface area (Å²) < 4.78 is 12.8. The molecule has 8 heteroatoms. The molecule has 2 amide bonds. The Labute approximate surface area is 156 Å². The maximum Gasteiger partial charge on any atom is 0.257 e. The molecular weight excluding hydrogens is 355 g/mol. The maximum atomic E-state index is 12.8. The molecule has 0 heterocycles. The second-order valence-corrected chi connectivity index (χ2v) is 6.02. The Morgan fingerprint density at radius 1 is 1.00 bits per heavy atom. The lowest BCUT2D eigenvalue weighted by Crippen LogP contribution is -2.47. The highest BCUT2D eigenvalue weighted by molar-refractivity contribution is 7.80. The van der Waals surface area contributed by atoms with Crippen molar-refractivity contribution in [3.63, 3.8) is 0 Å². The molecule has 136 valence electrons. The van der Waals surface area contributed by atoms with Crippen LogP contribution < -0.4 is 21.5 Å². The van der Waals surface area contributed by atoms with Gasteiger partial charge in [-0.25, -0.2) is 4.39 Å². The minimum Gasteiger partial charge on any atom is -0.343 e. The Bertz CT molecular complexity index is 824. The van der Waals surface area contributed by atoms with Crippen LogP contribution in [-0.2, 0) is 4.79 Å². The first kappa shape index (κ1) is 19.3. The monoisotopic (exact) mass is 374 g/mol. The maximum absolute atomic E-state index is 12.8. The normalized spacial score (nSPS) is 9.96. The third-order valence-electron chi connectivity index (χ3n) is 3.60. The number of benzene rings is 2. The minimum atomic E-state index is -0.467. The van der Waals surface area contributed by atoms with Crippen LogP contribution in [0.3, 0.4) is 0 Å². The molecule has 0 saturated carbocycles. The van der Waals surface area contributed by atoms with Gasteiger partial charge in [0.2, 0.25) is 0 Å². The van der Waals surface area contributed by atoms with E-state index >= 15 is 0 Å². The van der Waals surface area contributed by atoms with Crippen LogP contribution in [0.5, 0.6) is 0 Å². The molecule has 0 fully saturated rings. The Hall–Kier alpha value is -3.00. The van der Waals surface area contributed by atoms with Crippen molar-refractivity contribution < 1.29 is 14.0 Å². The molecule has 0 bridgehead atoms. The number of carbonyl (C=O) groups excluding carboxylic acids is 2. The van der Waals surface area contributed by atoms with E-state index in [0.29, 0.717) is 11.3 Å². The lowest BCUT2D eigenvalue weighted by molar-refractivity contribution is -0.120. The number of halogens is 1. The minimum absolute atomic E-state index is 0.130. The number of hydrazine groups is 1. The first-order valence-electron chi connectivity index (χ1n) is 7.82. The Balaban J connectivity index is 1.74. The van der Waals surface area contributed by atoms with Gasteiger partial charge in [-0.3, -0.25) is 20.4 Å². The van der Waals surface area contributed by atoms with Gasteiger partial charge in [0.25, 0.3) is 11.8 Å². The van der Waals surface area contributed by atoms with E-state index in [1.165, 1.54) is 24.3 Å². The fraction of sp³-hybridized carbons (Fsp3) is 0.167. The van der Waals surface area contributed by atoms with E-state index in [1.54, 1.807) is 12.1 Å². The van der Waals surface area contributed by atoms with Crippen molar-refractivity contribution in [2.24, 2.45) is 0 Å². The SMILES string of the molecule is Cc1ccc(C(=O)NCC(=O)NNC(=S)Nc2ccc(F)cc2)cc1C. The summed E-state index contributed by atoms with van der Waals surface area (Å²) in [6.45, 7) is 3.66. The van der Waals surface area contributed by atoms with Crippen molar-refractivity contribution in [3.8, 4) is 0 Å². The summed E-state index contributed by atoms with van der Waals surface area (Å²) in [5.74, 6) is -1.16. The van der Waals surface area contributed by atoms with Gasteiger partial charge in [-0.1, -0.05) is 6.07 Å². The van der Waals surface area contributed by atoms with Gasteiger partial charge in [0.1, 0.15) is 5.82 Å². The Kier molecular flexibility index (Phi) is 6.62. The van der Waals surface area contributed by atoms with E-state index in [4.69, 9.17) is 12.2 Å². The number of hydrogen-bond acceptors (Lipinski definition) is 3. The quantitative estimate of drug-likeness (QED) is 0.487. The predicted molar refractivity (Wildman–Crippen MR) is 102 cm³/mol. The summed E-state index contributed by atoms with van der Waals surface area (Å²) >= 11 is 5.01. The van der Waals surface area contributed by atoms with Gasteiger partial charge in [0.15, 0.2) is 5.11 Å². The first-order chi connectivity index (χ1) is 12.3. The predicted octanol–water partition coefficient (Wildman–Crippen LogP) is 2.19. The number of rotatable bonds is 4. The summed E-state index contributed by atoms with van der Waals surface area (Å²) in [6, 6.07) is 10.9. The summed E-state index contributed by atoms with van der Waals surface area (Å²) in [5, 5.41) is 5.44. The molecule has 0 unspecified atom stereocenters. The molecule has 0 radical (unpaired) electrons. The molecule has 2 aromatic carbocycles. The van der Waals surface area contributed by atoms with Crippen molar-refractivity contribution in [2.75, 3.05) is 11.9 Å². The number of thiocarbonyl (C=S) groups is 1. The molecule has 0 saturated heterocycles. The second kappa shape index (κ2) is 8.91. The topological polar surface area (TPSA) is 82.3 Å². The molecule has 2 aromatic rings. The number of carbonyl (C=O) groups is 2. The molecular formula is C18H19FN4O2S. The van der Waals surface area contributed by atoms with Crippen LogP contribution in [-0.4, -0.2) is 23.5 Å². The largest absolute Gasteiger partial charge is 0.343 e. The van der Waals surface area contributed by atoms with Crippen molar-refractivity contribution in [1.29, 1.82) is 0 Å². The standard InChI is InChI=1S/C18H19FN4O2S/c1-11-3-4-13(9-12(11)2)17(25)20-10-16(24)22-23-18(26)21-15-7-5-14(19)6-8-15/h3-9H,10H2,1-2H3,(H,20,25)(H,22,24)(H2,21,23,26). The molecule has 0 aromatic heterocycles. The van der Waals surface area contributed by atoms with Crippen LogP contribution in [0.25, 0.3) is 0 Å². The average molecular weight is 374 g/mol. The second-order valence-electron chi connectivity index (χ2n) is 5.62. The number of hydrogen-bond donors (Lipinski definition) is 4. The van der Waals surface area contributed by atoms with Gasteiger partial charge < -0.3 is 10.6 Å². The van der Waals surface area contributed by atoms with Crippen LogP contribution in [0.2, 0.25) is 0 Å². The van der Waals surface area contributed by atoms with Gasteiger partial charge in [-0.2, -0.15) is 0 Å². The third-order valence-corrected chi connectivity index (χ3v) is 3.80. The average Bonchev–Trinajstić information content (AvgIpc) is 2.62. The van der Waals surface area contributed by atoms with Crippen LogP contribution in [0, 0.1) is 19.7 Å². The van der Waals surface area contributed by atoms with E-state index in [2.05, 4.69) is 21.5 Å². The van der Waals surface area contributed by atoms with Gasteiger partial charge >= 0.3 is 0 Å². The zero-order valence-electron chi connectivity index (χ0n) is 14.4. The Morgan fingerprint density at radius 2 is 1.69 bits per heavy atom. The van der Waals surface area contributed by atoms with Crippen molar-refractivity contribution in [3.05, 3.63) is 65.0 Å². The van der Waals surface area contributed by atoms with Gasteiger partial charge in [-0.05, 0) is 73.6 Å². The van der Waals surface area contributed by atoms with Crippen molar-refractivity contribution in [1.82, 2.24) is 16.2 Å². The molecule has 0 aliphatic heterocycles. The fourth-order valence-electron chi connectivity index (χ4n) is 2.01. The summed E-state index contributed by atoms with van der Waals surface area (Å²) in [5.41, 5.74) is 8.01. The molecule has 6 nitrogen and oxygen atoms in total. The first-order valence-corrected chi connectivity index (χ1v) is 8.23. The number of amides is 2. The fourth-order valence-corrected chi connectivity index (χ4v) is 2.18. The van der Waals surface area contributed by atoms with E-state index < -0.39 is 5.91 Å². The zero-order chi connectivity index (χ0) is 19.1. The lowest BCUT2D eigenvalue weighted by atomic mass is 10.1. The molecule has 0 aliphatic rings.